The molecule has 0 aliphatic carbocycles. The number of hydrogen-bond acceptors (Lipinski definition) is 3. The SMILES string of the molecule is CCCNc1ccccc1C(=O)NC(CCO)C(C)C. The van der Waals surface area contributed by atoms with Crippen LogP contribution in [-0.2, 0) is 0 Å². The smallest absolute Gasteiger partial charge is 0.253 e. The quantitative estimate of drug-likeness (QED) is 0.685. The number of nitrogens with one attached hydrogen (secondary N) is 2. The molecule has 0 aliphatic rings. The third kappa shape index (κ3) is 4.85. The van der Waals surface area contributed by atoms with Gasteiger partial charge in [0.25, 0.3) is 5.91 Å². The van der Waals surface area contributed by atoms with Crippen LogP contribution in [-0.4, -0.2) is 30.2 Å². The van der Waals surface area contributed by atoms with Crippen molar-refractivity contribution in [2.75, 3.05) is 18.5 Å². The van der Waals surface area contributed by atoms with E-state index in [9.17, 15) is 4.79 Å². The number of benzene rings is 1. The highest BCUT2D eigenvalue weighted by Gasteiger charge is 2.18. The van der Waals surface area contributed by atoms with Crippen molar-refractivity contribution in [2.24, 2.45) is 5.92 Å². The largest absolute Gasteiger partial charge is 0.396 e. The molecule has 0 aromatic heterocycles. The maximum absolute atomic E-state index is 12.4. The molecule has 0 saturated carbocycles. The van der Waals surface area contributed by atoms with Crippen molar-refractivity contribution in [1.29, 1.82) is 0 Å². The van der Waals surface area contributed by atoms with Gasteiger partial charge in [0.1, 0.15) is 0 Å². The molecule has 1 aromatic rings. The predicted octanol–water partition coefficient (Wildman–Crippen LogP) is 2.65. The fourth-order valence-electron chi connectivity index (χ4n) is 2.05. The van der Waals surface area contributed by atoms with Crippen LogP contribution in [0.2, 0.25) is 0 Å². The highest BCUT2D eigenvalue weighted by molar-refractivity contribution is 5.99. The average Bonchev–Trinajstić information content (AvgIpc) is 2.44. The Kier molecular flexibility index (Phi) is 7.09. The number of aliphatic hydroxyl groups is 1. The molecule has 4 heteroatoms. The molecule has 1 amide bonds. The van der Waals surface area contributed by atoms with E-state index in [4.69, 9.17) is 5.11 Å². The first-order chi connectivity index (χ1) is 9.60. The Bertz CT molecular complexity index is 419. The van der Waals surface area contributed by atoms with Crippen molar-refractivity contribution in [3.63, 3.8) is 0 Å². The van der Waals surface area contributed by atoms with Crippen molar-refractivity contribution in [1.82, 2.24) is 5.32 Å². The first kappa shape index (κ1) is 16.5. The second-order valence-electron chi connectivity index (χ2n) is 5.31. The maximum atomic E-state index is 12.4. The molecule has 4 nitrogen and oxygen atoms in total. The van der Waals surface area contributed by atoms with Crippen LogP contribution in [0.5, 0.6) is 0 Å². The minimum absolute atomic E-state index is 0.00766. The summed E-state index contributed by atoms with van der Waals surface area (Å²) in [5.41, 5.74) is 1.52. The van der Waals surface area contributed by atoms with Gasteiger partial charge in [0.2, 0.25) is 0 Å². The summed E-state index contributed by atoms with van der Waals surface area (Å²) < 4.78 is 0. The van der Waals surface area contributed by atoms with E-state index in [-0.39, 0.29) is 18.6 Å². The van der Waals surface area contributed by atoms with Crippen LogP contribution in [0.15, 0.2) is 24.3 Å². The monoisotopic (exact) mass is 278 g/mol. The summed E-state index contributed by atoms with van der Waals surface area (Å²) >= 11 is 0. The summed E-state index contributed by atoms with van der Waals surface area (Å²) in [6.07, 6.45) is 1.59. The molecule has 0 heterocycles. The molecule has 20 heavy (non-hydrogen) atoms. The third-order valence-corrected chi connectivity index (χ3v) is 3.30. The lowest BCUT2D eigenvalue weighted by atomic mass is 10.0. The van der Waals surface area contributed by atoms with Crippen molar-refractivity contribution in [3.8, 4) is 0 Å². The summed E-state index contributed by atoms with van der Waals surface area (Å²) in [7, 11) is 0. The number of para-hydroxylation sites is 1. The zero-order valence-corrected chi connectivity index (χ0v) is 12.6. The van der Waals surface area contributed by atoms with Gasteiger partial charge in [-0.05, 0) is 30.9 Å². The maximum Gasteiger partial charge on any atom is 0.253 e. The first-order valence-electron chi connectivity index (χ1n) is 7.34. The van der Waals surface area contributed by atoms with Gasteiger partial charge >= 0.3 is 0 Å². The molecule has 0 spiro atoms. The van der Waals surface area contributed by atoms with E-state index >= 15 is 0 Å². The standard InChI is InChI=1S/C16H26N2O2/c1-4-10-17-15-8-6-5-7-13(15)16(20)18-14(9-11-19)12(2)3/h5-8,12,14,17,19H,4,9-11H2,1-3H3,(H,18,20). The van der Waals surface area contributed by atoms with Gasteiger partial charge in [-0.25, -0.2) is 0 Å². The minimum Gasteiger partial charge on any atom is -0.396 e. The lowest BCUT2D eigenvalue weighted by Gasteiger charge is -2.22. The summed E-state index contributed by atoms with van der Waals surface area (Å²) in [5, 5.41) is 15.4. The van der Waals surface area contributed by atoms with E-state index in [0.717, 1.165) is 18.7 Å². The van der Waals surface area contributed by atoms with Gasteiger partial charge in [0.05, 0.1) is 5.56 Å². The van der Waals surface area contributed by atoms with Crippen molar-refractivity contribution < 1.29 is 9.90 Å². The van der Waals surface area contributed by atoms with Crippen LogP contribution in [0.3, 0.4) is 0 Å². The van der Waals surface area contributed by atoms with E-state index in [0.29, 0.717) is 17.9 Å². The topological polar surface area (TPSA) is 61.4 Å². The highest BCUT2D eigenvalue weighted by atomic mass is 16.3. The van der Waals surface area contributed by atoms with E-state index in [1.54, 1.807) is 0 Å². The van der Waals surface area contributed by atoms with E-state index in [2.05, 4.69) is 17.6 Å². The average molecular weight is 278 g/mol. The lowest BCUT2D eigenvalue weighted by Crippen LogP contribution is -2.39. The molecule has 1 aromatic carbocycles. The van der Waals surface area contributed by atoms with Gasteiger partial charge in [-0.3, -0.25) is 4.79 Å². The summed E-state index contributed by atoms with van der Waals surface area (Å²) in [6, 6.07) is 7.52. The molecule has 0 fully saturated rings. The molecule has 1 atom stereocenters. The number of amides is 1. The predicted molar refractivity (Wildman–Crippen MR) is 83.0 cm³/mol. The van der Waals surface area contributed by atoms with Gasteiger partial charge in [-0.1, -0.05) is 32.9 Å². The Morgan fingerprint density at radius 2 is 2.00 bits per heavy atom. The molecule has 0 aliphatic heterocycles. The molecule has 3 N–H and O–H groups in total. The third-order valence-electron chi connectivity index (χ3n) is 3.30. The Labute approximate surface area is 121 Å². The summed E-state index contributed by atoms with van der Waals surface area (Å²) in [6.45, 7) is 7.10. The number of rotatable bonds is 8. The van der Waals surface area contributed by atoms with Gasteiger partial charge in [-0.15, -0.1) is 0 Å². The Morgan fingerprint density at radius 3 is 2.60 bits per heavy atom. The molecule has 0 radical (unpaired) electrons. The lowest BCUT2D eigenvalue weighted by molar-refractivity contribution is 0.0917. The minimum atomic E-state index is -0.0867. The number of hydrogen-bond donors (Lipinski definition) is 3. The second kappa shape index (κ2) is 8.59. The van der Waals surface area contributed by atoms with Crippen LogP contribution in [0.1, 0.15) is 44.0 Å². The number of anilines is 1. The molecular weight excluding hydrogens is 252 g/mol. The molecule has 1 unspecified atom stereocenters. The second-order valence-corrected chi connectivity index (χ2v) is 5.31. The zero-order chi connectivity index (χ0) is 15.0. The van der Waals surface area contributed by atoms with Crippen LogP contribution < -0.4 is 10.6 Å². The fourth-order valence-corrected chi connectivity index (χ4v) is 2.05. The van der Waals surface area contributed by atoms with E-state index < -0.39 is 0 Å². The summed E-state index contributed by atoms with van der Waals surface area (Å²) in [5.74, 6) is 0.207. The zero-order valence-electron chi connectivity index (χ0n) is 12.6. The van der Waals surface area contributed by atoms with Gasteiger partial charge in [0, 0.05) is 24.9 Å². The van der Waals surface area contributed by atoms with Crippen LogP contribution in [0, 0.1) is 5.92 Å². The number of aliphatic hydroxyl groups excluding tert-OH is 1. The normalized spacial score (nSPS) is 12.2. The molecule has 0 bridgehead atoms. The van der Waals surface area contributed by atoms with Gasteiger partial charge in [-0.2, -0.15) is 0 Å². The molecular formula is C16H26N2O2. The molecule has 0 saturated heterocycles. The fraction of sp³-hybridized carbons (Fsp3) is 0.562. The number of carbonyl (C=O) groups is 1. The van der Waals surface area contributed by atoms with E-state index in [1.807, 2.05) is 38.1 Å². The summed E-state index contributed by atoms with van der Waals surface area (Å²) in [4.78, 5) is 12.4. The Morgan fingerprint density at radius 1 is 1.30 bits per heavy atom. The van der Waals surface area contributed by atoms with Crippen LogP contribution in [0.4, 0.5) is 5.69 Å². The van der Waals surface area contributed by atoms with E-state index in [1.165, 1.54) is 0 Å². The van der Waals surface area contributed by atoms with Crippen LogP contribution >= 0.6 is 0 Å². The molecule has 112 valence electrons. The van der Waals surface area contributed by atoms with Crippen molar-refractivity contribution >= 4 is 11.6 Å². The first-order valence-corrected chi connectivity index (χ1v) is 7.34. The van der Waals surface area contributed by atoms with Crippen molar-refractivity contribution in [3.05, 3.63) is 29.8 Å². The molecule has 1 rings (SSSR count). The Hall–Kier alpha value is -1.55. The highest BCUT2D eigenvalue weighted by Crippen LogP contribution is 2.16. The van der Waals surface area contributed by atoms with Gasteiger partial charge < -0.3 is 15.7 Å². The number of carbonyl (C=O) groups excluding carboxylic acids is 1. The van der Waals surface area contributed by atoms with Crippen molar-refractivity contribution in [2.45, 2.75) is 39.7 Å². The van der Waals surface area contributed by atoms with Crippen LogP contribution in [0.25, 0.3) is 0 Å². The Balaban J connectivity index is 2.80. The van der Waals surface area contributed by atoms with Gasteiger partial charge in [0.15, 0.2) is 0 Å².